The van der Waals surface area contributed by atoms with Gasteiger partial charge in [-0.15, -0.1) is 6.58 Å². The number of hydrogen-bond acceptors (Lipinski definition) is 6. The lowest BCUT2D eigenvalue weighted by Gasteiger charge is -2.31. The second-order valence-electron chi connectivity index (χ2n) is 7.82. The standard InChI is InChI=1S/C22H33N3O5S/c1-3-4-14-30-18(2)22(26)23-20-17-19(31(27,28)25-12-15-29-16-13-25)8-9-21(20)24-10-6-5-7-11-24/h3,8-9,17-18H,1,4-7,10-16H2,2H3,(H,23,26). The number of carbonyl (C=O) groups is 1. The minimum Gasteiger partial charge on any atom is -0.379 e. The summed E-state index contributed by atoms with van der Waals surface area (Å²) in [5.74, 6) is -0.303. The van der Waals surface area contributed by atoms with E-state index in [0.717, 1.165) is 31.6 Å². The number of ether oxygens (including phenoxy) is 2. The van der Waals surface area contributed by atoms with Gasteiger partial charge in [0, 0.05) is 26.2 Å². The molecule has 2 saturated heterocycles. The fourth-order valence-electron chi connectivity index (χ4n) is 3.76. The van der Waals surface area contributed by atoms with Crippen LogP contribution in [0, 0.1) is 0 Å². The second-order valence-corrected chi connectivity index (χ2v) is 9.76. The maximum absolute atomic E-state index is 13.1. The van der Waals surface area contributed by atoms with Gasteiger partial charge in [-0.3, -0.25) is 4.79 Å². The van der Waals surface area contributed by atoms with Crippen LogP contribution in [0.1, 0.15) is 32.6 Å². The molecule has 2 heterocycles. The Kier molecular flexibility index (Phi) is 8.48. The maximum Gasteiger partial charge on any atom is 0.253 e. The van der Waals surface area contributed by atoms with Crippen molar-refractivity contribution in [3.8, 4) is 0 Å². The van der Waals surface area contributed by atoms with Crippen LogP contribution in [0.15, 0.2) is 35.7 Å². The van der Waals surface area contributed by atoms with E-state index in [-0.39, 0.29) is 10.8 Å². The second kappa shape index (κ2) is 11.1. The van der Waals surface area contributed by atoms with Crippen molar-refractivity contribution in [1.29, 1.82) is 0 Å². The molecule has 1 aromatic carbocycles. The van der Waals surface area contributed by atoms with Crippen LogP contribution in [0.3, 0.4) is 0 Å². The highest BCUT2D eigenvalue weighted by Gasteiger charge is 2.28. The number of nitrogens with zero attached hydrogens (tertiary/aromatic N) is 2. The minimum atomic E-state index is -3.66. The number of benzene rings is 1. The molecular formula is C22H33N3O5S. The molecule has 2 aliphatic rings. The van der Waals surface area contributed by atoms with E-state index in [0.29, 0.717) is 45.0 Å². The Balaban J connectivity index is 1.86. The zero-order valence-corrected chi connectivity index (χ0v) is 19.0. The first kappa shape index (κ1) is 23.7. The average Bonchev–Trinajstić information content (AvgIpc) is 2.80. The lowest BCUT2D eigenvalue weighted by atomic mass is 10.1. The third kappa shape index (κ3) is 6.06. The van der Waals surface area contributed by atoms with E-state index in [2.05, 4.69) is 16.8 Å². The van der Waals surface area contributed by atoms with Gasteiger partial charge in [-0.2, -0.15) is 4.31 Å². The predicted octanol–water partition coefficient (Wildman–Crippen LogP) is 2.62. The Morgan fingerprint density at radius 3 is 2.61 bits per heavy atom. The largest absolute Gasteiger partial charge is 0.379 e. The van der Waals surface area contributed by atoms with Gasteiger partial charge in [-0.25, -0.2) is 8.42 Å². The van der Waals surface area contributed by atoms with E-state index in [1.54, 1.807) is 31.2 Å². The van der Waals surface area contributed by atoms with Gasteiger partial charge in [0.15, 0.2) is 0 Å². The van der Waals surface area contributed by atoms with Gasteiger partial charge in [0.1, 0.15) is 6.10 Å². The van der Waals surface area contributed by atoms with E-state index in [1.165, 1.54) is 10.7 Å². The first-order valence-electron chi connectivity index (χ1n) is 10.9. The number of nitrogens with one attached hydrogen (secondary N) is 1. The Hall–Kier alpha value is -1.94. The summed E-state index contributed by atoms with van der Waals surface area (Å²) in [7, 11) is -3.66. The van der Waals surface area contributed by atoms with Crippen LogP contribution in [-0.2, 0) is 24.3 Å². The fraction of sp³-hybridized carbons (Fsp3) is 0.591. The summed E-state index contributed by atoms with van der Waals surface area (Å²) in [5.41, 5.74) is 1.34. The molecular weight excluding hydrogens is 418 g/mol. The molecule has 0 spiro atoms. The number of piperidine rings is 1. The van der Waals surface area contributed by atoms with Gasteiger partial charge in [0.05, 0.1) is 36.1 Å². The van der Waals surface area contributed by atoms with Crippen molar-refractivity contribution >= 4 is 27.3 Å². The van der Waals surface area contributed by atoms with Crippen LogP contribution in [0.5, 0.6) is 0 Å². The first-order chi connectivity index (χ1) is 14.9. The van der Waals surface area contributed by atoms with Gasteiger partial charge in [0.2, 0.25) is 10.0 Å². The van der Waals surface area contributed by atoms with Crippen molar-refractivity contribution in [2.45, 2.75) is 43.6 Å². The number of anilines is 2. The van der Waals surface area contributed by atoms with Crippen LogP contribution >= 0.6 is 0 Å². The molecule has 2 aliphatic heterocycles. The summed E-state index contributed by atoms with van der Waals surface area (Å²) >= 11 is 0. The summed E-state index contributed by atoms with van der Waals surface area (Å²) in [6, 6.07) is 5.01. The van der Waals surface area contributed by atoms with E-state index < -0.39 is 16.1 Å². The molecule has 1 atom stereocenters. The molecule has 31 heavy (non-hydrogen) atoms. The van der Waals surface area contributed by atoms with Gasteiger partial charge < -0.3 is 19.7 Å². The SMILES string of the molecule is C=CCCOC(C)C(=O)Nc1cc(S(=O)(=O)N2CCOCC2)ccc1N1CCCCC1. The number of carbonyl (C=O) groups excluding carboxylic acids is 1. The highest BCUT2D eigenvalue weighted by atomic mass is 32.2. The van der Waals surface area contributed by atoms with E-state index in [4.69, 9.17) is 9.47 Å². The number of amides is 1. The lowest BCUT2D eigenvalue weighted by molar-refractivity contribution is -0.126. The molecule has 1 N–H and O–H groups in total. The molecule has 0 aliphatic carbocycles. The molecule has 1 unspecified atom stereocenters. The topological polar surface area (TPSA) is 88.2 Å². The van der Waals surface area contributed by atoms with Crippen molar-refractivity contribution in [3.63, 3.8) is 0 Å². The van der Waals surface area contributed by atoms with Crippen LogP contribution < -0.4 is 10.2 Å². The smallest absolute Gasteiger partial charge is 0.253 e. The van der Waals surface area contributed by atoms with E-state index in [1.807, 2.05) is 0 Å². The third-order valence-electron chi connectivity index (χ3n) is 5.59. The van der Waals surface area contributed by atoms with Crippen molar-refractivity contribution in [2.24, 2.45) is 0 Å². The number of hydrogen-bond donors (Lipinski definition) is 1. The zero-order chi connectivity index (χ0) is 22.3. The highest BCUT2D eigenvalue weighted by molar-refractivity contribution is 7.89. The van der Waals surface area contributed by atoms with Gasteiger partial charge >= 0.3 is 0 Å². The third-order valence-corrected chi connectivity index (χ3v) is 7.48. The molecule has 0 radical (unpaired) electrons. The zero-order valence-electron chi connectivity index (χ0n) is 18.2. The molecule has 1 amide bonds. The van der Waals surface area contributed by atoms with Crippen molar-refractivity contribution in [2.75, 3.05) is 56.2 Å². The molecule has 0 saturated carbocycles. The Labute approximate surface area is 185 Å². The van der Waals surface area contributed by atoms with Crippen LogP contribution in [0.25, 0.3) is 0 Å². The van der Waals surface area contributed by atoms with Crippen molar-refractivity contribution in [1.82, 2.24) is 4.31 Å². The molecule has 8 nitrogen and oxygen atoms in total. The van der Waals surface area contributed by atoms with E-state index >= 15 is 0 Å². The molecule has 172 valence electrons. The van der Waals surface area contributed by atoms with Gasteiger partial charge in [-0.1, -0.05) is 6.08 Å². The Bertz CT molecular complexity index is 862. The van der Waals surface area contributed by atoms with Crippen molar-refractivity contribution in [3.05, 3.63) is 30.9 Å². The maximum atomic E-state index is 13.1. The fourth-order valence-corrected chi connectivity index (χ4v) is 5.20. The molecule has 9 heteroatoms. The number of sulfonamides is 1. The normalized spacial score (nSPS) is 19.1. The first-order valence-corrected chi connectivity index (χ1v) is 12.4. The lowest BCUT2D eigenvalue weighted by Crippen LogP contribution is -2.40. The predicted molar refractivity (Wildman–Crippen MR) is 121 cm³/mol. The van der Waals surface area contributed by atoms with Crippen molar-refractivity contribution < 1.29 is 22.7 Å². The highest BCUT2D eigenvalue weighted by Crippen LogP contribution is 2.32. The van der Waals surface area contributed by atoms with Crippen LogP contribution in [0.4, 0.5) is 11.4 Å². The van der Waals surface area contributed by atoms with Crippen LogP contribution in [-0.4, -0.2) is 70.7 Å². The summed E-state index contributed by atoms with van der Waals surface area (Å²) in [6.45, 7) is 8.92. The Morgan fingerprint density at radius 2 is 1.94 bits per heavy atom. The summed E-state index contributed by atoms with van der Waals surface area (Å²) in [5, 5.41) is 2.91. The molecule has 2 fully saturated rings. The quantitative estimate of drug-likeness (QED) is 0.459. The Morgan fingerprint density at radius 1 is 1.23 bits per heavy atom. The van der Waals surface area contributed by atoms with E-state index in [9.17, 15) is 13.2 Å². The van der Waals surface area contributed by atoms with Gasteiger partial charge in [0.25, 0.3) is 5.91 Å². The molecule has 1 aromatic rings. The van der Waals surface area contributed by atoms with Crippen LogP contribution in [0.2, 0.25) is 0 Å². The molecule has 3 rings (SSSR count). The molecule has 0 bridgehead atoms. The number of morpholine rings is 1. The number of rotatable bonds is 9. The summed E-state index contributed by atoms with van der Waals surface area (Å²) in [4.78, 5) is 15.1. The summed E-state index contributed by atoms with van der Waals surface area (Å²) in [6.07, 6.45) is 5.05. The molecule has 0 aromatic heterocycles. The minimum absolute atomic E-state index is 0.172. The average molecular weight is 452 g/mol. The monoisotopic (exact) mass is 451 g/mol. The van der Waals surface area contributed by atoms with Gasteiger partial charge in [-0.05, 0) is 50.8 Å². The summed E-state index contributed by atoms with van der Waals surface area (Å²) < 4.78 is 38.5.